The van der Waals surface area contributed by atoms with Crippen molar-refractivity contribution in [2.45, 2.75) is 33.6 Å². The summed E-state index contributed by atoms with van der Waals surface area (Å²) < 4.78 is 0. The molecule has 1 N–H and O–H groups in total. The van der Waals surface area contributed by atoms with Crippen molar-refractivity contribution in [2.24, 2.45) is 11.3 Å². The zero-order valence-electron chi connectivity index (χ0n) is 15.6. The Hall–Kier alpha value is -2.14. The molecular weight excluding hydrogens is 344 g/mol. The van der Waals surface area contributed by atoms with Gasteiger partial charge in [-0.3, -0.25) is 9.59 Å². The number of rotatable bonds is 3. The van der Waals surface area contributed by atoms with Crippen LogP contribution in [0.1, 0.15) is 33.6 Å². The van der Waals surface area contributed by atoms with Crippen LogP contribution in [-0.4, -0.2) is 29.8 Å². The first-order valence-electron chi connectivity index (χ1n) is 9.09. The summed E-state index contributed by atoms with van der Waals surface area (Å²) in [5, 5.41) is 5.13. The molecule has 26 heavy (non-hydrogen) atoms. The molecule has 0 aliphatic carbocycles. The molecule has 2 heterocycles. The molecule has 4 nitrogen and oxygen atoms in total. The molecule has 1 aromatic heterocycles. The van der Waals surface area contributed by atoms with Crippen LogP contribution in [0.2, 0.25) is 0 Å². The normalized spacial score (nSPS) is 17.8. The predicted octanol–water partition coefficient (Wildman–Crippen LogP) is 4.64. The Labute approximate surface area is 159 Å². The number of thiophene rings is 1. The van der Waals surface area contributed by atoms with Crippen LogP contribution in [0.5, 0.6) is 0 Å². The number of carbonyl (C=O) groups excluding carboxylic acids is 2. The average Bonchev–Trinajstić information content (AvgIpc) is 3.15. The molecule has 1 aliphatic rings. The maximum absolute atomic E-state index is 12.9. The number of amides is 2. The van der Waals surface area contributed by atoms with Crippen LogP contribution in [0.15, 0.2) is 41.8 Å². The van der Waals surface area contributed by atoms with Gasteiger partial charge in [0.25, 0.3) is 0 Å². The first-order chi connectivity index (χ1) is 12.4. The van der Waals surface area contributed by atoms with E-state index in [1.165, 1.54) is 0 Å². The monoisotopic (exact) mass is 370 g/mol. The van der Waals surface area contributed by atoms with E-state index in [9.17, 15) is 9.59 Å². The van der Waals surface area contributed by atoms with E-state index in [4.69, 9.17) is 0 Å². The lowest BCUT2D eigenvalue weighted by molar-refractivity contribution is -0.142. The number of benzene rings is 1. The molecule has 1 aliphatic heterocycles. The van der Waals surface area contributed by atoms with Crippen molar-refractivity contribution in [1.82, 2.24) is 4.90 Å². The van der Waals surface area contributed by atoms with Crippen LogP contribution in [0, 0.1) is 11.3 Å². The van der Waals surface area contributed by atoms with Gasteiger partial charge in [-0.1, -0.05) is 45.0 Å². The molecule has 0 unspecified atom stereocenters. The fourth-order valence-electron chi connectivity index (χ4n) is 3.32. The fourth-order valence-corrected chi connectivity index (χ4v) is 4.09. The van der Waals surface area contributed by atoms with Gasteiger partial charge < -0.3 is 10.2 Å². The van der Waals surface area contributed by atoms with Crippen molar-refractivity contribution >= 4 is 28.8 Å². The first kappa shape index (κ1) is 18.6. The minimum atomic E-state index is -0.413. The molecule has 1 fully saturated rings. The lowest BCUT2D eigenvalue weighted by atomic mass is 9.91. The number of nitrogens with one attached hydrogen (secondary N) is 1. The third-order valence-electron chi connectivity index (χ3n) is 4.69. The number of anilines is 1. The zero-order chi connectivity index (χ0) is 18.7. The van der Waals surface area contributed by atoms with Gasteiger partial charge in [0, 0.05) is 34.6 Å². The second kappa shape index (κ2) is 7.62. The molecule has 0 radical (unpaired) electrons. The van der Waals surface area contributed by atoms with Crippen LogP contribution >= 0.6 is 11.3 Å². The van der Waals surface area contributed by atoms with Gasteiger partial charge in [0.2, 0.25) is 11.8 Å². The van der Waals surface area contributed by atoms with Crippen molar-refractivity contribution in [3.05, 3.63) is 41.8 Å². The Morgan fingerprint density at radius 2 is 1.92 bits per heavy atom. The summed E-state index contributed by atoms with van der Waals surface area (Å²) in [6, 6.07) is 11.9. The standard InChI is InChI=1S/C21H26N2O2S/c1-21(2,3)20(25)23-12-6-8-15(14-23)19(24)22-17-10-5-4-9-16(17)18-11-7-13-26-18/h4-5,7,9-11,13,15H,6,8,12,14H2,1-3H3,(H,22,24)/t15-/m1/s1. The van der Waals surface area contributed by atoms with E-state index in [0.29, 0.717) is 6.54 Å². The Balaban J connectivity index is 1.72. The molecule has 1 aromatic carbocycles. The number of piperidine rings is 1. The molecule has 0 bridgehead atoms. The average molecular weight is 371 g/mol. The molecule has 2 amide bonds. The minimum absolute atomic E-state index is 0.000385. The van der Waals surface area contributed by atoms with Gasteiger partial charge >= 0.3 is 0 Å². The van der Waals surface area contributed by atoms with Crippen molar-refractivity contribution in [3.8, 4) is 10.4 Å². The summed E-state index contributed by atoms with van der Waals surface area (Å²) in [5.41, 5.74) is 1.46. The van der Waals surface area contributed by atoms with Crippen molar-refractivity contribution < 1.29 is 9.59 Å². The minimum Gasteiger partial charge on any atom is -0.341 e. The van der Waals surface area contributed by atoms with Crippen LogP contribution in [0.3, 0.4) is 0 Å². The van der Waals surface area contributed by atoms with Gasteiger partial charge in [0.15, 0.2) is 0 Å². The van der Waals surface area contributed by atoms with E-state index >= 15 is 0 Å². The Kier molecular flexibility index (Phi) is 5.47. The third kappa shape index (κ3) is 4.15. The summed E-state index contributed by atoms with van der Waals surface area (Å²) in [7, 11) is 0. The van der Waals surface area contributed by atoms with E-state index in [-0.39, 0.29) is 17.7 Å². The topological polar surface area (TPSA) is 49.4 Å². The first-order valence-corrected chi connectivity index (χ1v) is 9.97. The second-order valence-electron chi connectivity index (χ2n) is 7.85. The van der Waals surface area contributed by atoms with E-state index < -0.39 is 5.41 Å². The number of hydrogen-bond acceptors (Lipinski definition) is 3. The van der Waals surface area contributed by atoms with Crippen LogP contribution in [0.25, 0.3) is 10.4 Å². The SMILES string of the molecule is CC(C)(C)C(=O)N1CCC[C@@H](C(=O)Nc2ccccc2-c2cccs2)C1. The highest BCUT2D eigenvalue weighted by Gasteiger charge is 2.33. The Morgan fingerprint density at radius 1 is 1.15 bits per heavy atom. The van der Waals surface area contributed by atoms with E-state index in [1.807, 2.05) is 61.4 Å². The number of hydrogen-bond donors (Lipinski definition) is 1. The van der Waals surface area contributed by atoms with Gasteiger partial charge in [0.05, 0.1) is 5.92 Å². The highest BCUT2D eigenvalue weighted by atomic mass is 32.1. The maximum Gasteiger partial charge on any atom is 0.229 e. The van der Waals surface area contributed by atoms with Gasteiger partial charge in [-0.2, -0.15) is 0 Å². The highest BCUT2D eigenvalue weighted by molar-refractivity contribution is 7.13. The fraction of sp³-hybridized carbons (Fsp3) is 0.429. The number of nitrogens with zero attached hydrogens (tertiary/aromatic N) is 1. The van der Waals surface area contributed by atoms with Crippen molar-refractivity contribution in [2.75, 3.05) is 18.4 Å². The number of carbonyl (C=O) groups is 2. The Bertz CT molecular complexity index is 778. The molecule has 2 aromatic rings. The smallest absolute Gasteiger partial charge is 0.229 e. The third-order valence-corrected chi connectivity index (χ3v) is 5.60. The van der Waals surface area contributed by atoms with Crippen LogP contribution in [0.4, 0.5) is 5.69 Å². The van der Waals surface area contributed by atoms with Crippen molar-refractivity contribution in [3.63, 3.8) is 0 Å². The Morgan fingerprint density at radius 3 is 2.62 bits per heavy atom. The van der Waals surface area contributed by atoms with Crippen LogP contribution < -0.4 is 5.32 Å². The molecule has 1 saturated heterocycles. The molecule has 3 rings (SSSR count). The van der Waals surface area contributed by atoms with E-state index in [0.717, 1.165) is 35.5 Å². The molecule has 138 valence electrons. The molecule has 1 atom stereocenters. The van der Waals surface area contributed by atoms with Gasteiger partial charge in [-0.15, -0.1) is 11.3 Å². The van der Waals surface area contributed by atoms with Gasteiger partial charge in [-0.25, -0.2) is 0 Å². The summed E-state index contributed by atoms with van der Waals surface area (Å²) in [6.07, 6.45) is 1.69. The predicted molar refractivity (Wildman–Crippen MR) is 107 cm³/mol. The summed E-state index contributed by atoms with van der Waals surface area (Å²) in [5.74, 6) is -0.0409. The molecule has 5 heteroatoms. The van der Waals surface area contributed by atoms with E-state index in [2.05, 4.69) is 11.4 Å². The quantitative estimate of drug-likeness (QED) is 0.856. The number of likely N-dealkylation sites (tertiary alicyclic amines) is 1. The maximum atomic E-state index is 12.9. The highest BCUT2D eigenvalue weighted by Crippen LogP contribution is 2.32. The molecule has 0 saturated carbocycles. The summed E-state index contributed by atoms with van der Waals surface area (Å²) in [6.45, 7) is 7.03. The lowest BCUT2D eigenvalue weighted by Crippen LogP contribution is -2.47. The summed E-state index contributed by atoms with van der Waals surface area (Å²) in [4.78, 5) is 28.4. The molecular formula is C21H26N2O2S. The second-order valence-corrected chi connectivity index (χ2v) is 8.80. The lowest BCUT2D eigenvalue weighted by Gasteiger charge is -2.36. The van der Waals surface area contributed by atoms with Crippen molar-refractivity contribution in [1.29, 1.82) is 0 Å². The largest absolute Gasteiger partial charge is 0.341 e. The van der Waals surface area contributed by atoms with E-state index in [1.54, 1.807) is 11.3 Å². The van der Waals surface area contributed by atoms with Crippen LogP contribution in [-0.2, 0) is 9.59 Å². The number of para-hydroxylation sites is 1. The zero-order valence-corrected chi connectivity index (χ0v) is 16.4. The van der Waals surface area contributed by atoms with Gasteiger partial charge in [-0.05, 0) is 30.4 Å². The summed E-state index contributed by atoms with van der Waals surface area (Å²) >= 11 is 1.66. The molecule has 0 spiro atoms. The van der Waals surface area contributed by atoms with Gasteiger partial charge in [0.1, 0.15) is 0 Å².